The summed E-state index contributed by atoms with van der Waals surface area (Å²) >= 11 is 2.03. The second-order valence-electron chi connectivity index (χ2n) is 3.39. The SMILES string of the molecule is Nc1c(I)ccc(N2CCOCC2)c1F. The summed E-state index contributed by atoms with van der Waals surface area (Å²) in [5.41, 5.74) is 6.46. The van der Waals surface area contributed by atoms with E-state index in [9.17, 15) is 4.39 Å². The van der Waals surface area contributed by atoms with Gasteiger partial charge in [0, 0.05) is 16.7 Å². The Morgan fingerprint density at radius 3 is 2.67 bits per heavy atom. The van der Waals surface area contributed by atoms with Gasteiger partial charge in [0.2, 0.25) is 0 Å². The lowest BCUT2D eigenvalue weighted by atomic mass is 10.2. The molecule has 1 fully saturated rings. The van der Waals surface area contributed by atoms with Gasteiger partial charge in [-0.05, 0) is 34.7 Å². The van der Waals surface area contributed by atoms with E-state index < -0.39 is 0 Å². The largest absolute Gasteiger partial charge is 0.395 e. The van der Waals surface area contributed by atoms with Crippen molar-refractivity contribution < 1.29 is 9.13 Å². The van der Waals surface area contributed by atoms with Crippen molar-refractivity contribution in [3.05, 3.63) is 21.5 Å². The number of morpholine rings is 1. The number of anilines is 2. The van der Waals surface area contributed by atoms with Gasteiger partial charge in [-0.25, -0.2) is 4.39 Å². The molecule has 0 unspecified atom stereocenters. The second kappa shape index (κ2) is 4.52. The van der Waals surface area contributed by atoms with E-state index in [-0.39, 0.29) is 11.5 Å². The van der Waals surface area contributed by atoms with Gasteiger partial charge in [0.15, 0.2) is 5.82 Å². The summed E-state index contributed by atoms with van der Waals surface area (Å²) in [4.78, 5) is 1.96. The summed E-state index contributed by atoms with van der Waals surface area (Å²) in [7, 11) is 0. The van der Waals surface area contributed by atoms with Crippen molar-refractivity contribution in [3.63, 3.8) is 0 Å². The number of nitrogens with zero attached hydrogens (tertiary/aromatic N) is 1. The maximum atomic E-state index is 13.8. The summed E-state index contributed by atoms with van der Waals surface area (Å²) in [6.45, 7) is 2.73. The molecule has 82 valence electrons. The molecule has 0 radical (unpaired) electrons. The average molecular weight is 322 g/mol. The van der Waals surface area contributed by atoms with Crippen molar-refractivity contribution in [2.24, 2.45) is 0 Å². The number of hydrogen-bond donors (Lipinski definition) is 1. The van der Waals surface area contributed by atoms with Crippen molar-refractivity contribution in [2.75, 3.05) is 36.9 Å². The van der Waals surface area contributed by atoms with Crippen LogP contribution in [0.4, 0.5) is 15.8 Å². The van der Waals surface area contributed by atoms with Gasteiger partial charge in [-0.15, -0.1) is 0 Å². The summed E-state index contributed by atoms with van der Waals surface area (Å²) in [5, 5.41) is 0. The lowest BCUT2D eigenvalue weighted by Gasteiger charge is -2.29. The zero-order chi connectivity index (χ0) is 10.8. The molecule has 1 saturated heterocycles. The highest BCUT2D eigenvalue weighted by Crippen LogP contribution is 2.28. The summed E-state index contributed by atoms with van der Waals surface area (Å²) in [6, 6.07) is 3.61. The van der Waals surface area contributed by atoms with Crippen LogP contribution in [0.15, 0.2) is 12.1 Å². The lowest BCUT2D eigenvalue weighted by Crippen LogP contribution is -2.36. The van der Waals surface area contributed by atoms with Crippen molar-refractivity contribution in [2.45, 2.75) is 0 Å². The third-order valence-corrected chi connectivity index (χ3v) is 3.40. The number of benzene rings is 1. The van der Waals surface area contributed by atoms with Gasteiger partial charge in [-0.1, -0.05) is 0 Å². The number of ether oxygens (including phenoxy) is 1. The minimum Gasteiger partial charge on any atom is -0.395 e. The van der Waals surface area contributed by atoms with E-state index in [0.29, 0.717) is 18.9 Å². The fourth-order valence-electron chi connectivity index (χ4n) is 1.61. The molecule has 0 saturated carbocycles. The molecule has 0 atom stereocenters. The van der Waals surface area contributed by atoms with E-state index in [1.165, 1.54) is 0 Å². The topological polar surface area (TPSA) is 38.5 Å². The first-order chi connectivity index (χ1) is 7.20. The van der Waals surface area contributed by atoms with Crippen LogP contribution in [0, 0.1) is 9.39 Å². The van der Waals surface area contributed by atoms with Crippen molar-refractivity contribution >= 4 is 34.0 Å². The zero-order valence-corrected chi connectivity index (χ0v) is 10.3. The first kappa shape index (κ1) is 10.9. The minimum absolute atomic E-state index is 0.236. The van der Waals surface area contributed by atoms with E-state index in [4.69, 9.17) is 10.5 Å². The molecule has 1 aromatic carbocycles. The fraction of sp³-hybridized carbons (Fsp3) is 0.400. The number of halogens is 2. The predicted octanol–water partition coefficient (Wildman–Crippen LogP) is 1.85. The second-order valence-corrected chi connectivity index (χ2v) is 4.56. The average Bonchev–Trinajstić information content (AvgIpc) is 2.27. The molecule has 1 aliphatic heterocycles. The van der Waals surface area contributed by atoms with Gasteiger partial charge < -0.3 is 15.4 Å². The normalized spacial score (nSPS) is 16.8. The van der Waals surface area contributed by atoms with Gasteiger partial charge in [-0.3, -0.25) is 0 Å². The van der Waals surface area contributed by atoms with Crippen molar-refractivity contribution in [3.8, 4) is 0 Å². The van der Waals surface area contributed by atoms with Gasteiger partial charge in [-0.2, -0.15) is 0 Å². The first-order valence-electron chi connectivity index (χ1n) is 4.76. The van der Waals surface area contributed by atoms with Crippen LogP contribution in [0.25, 0.3) is 0 Å². The van der Waals surface area contributed by atoms with Crippen LogP contribution in [-0.4, -0.2) is 26.3 Å². The number of nitrogens with two attached hydrogens (primary N) is 1. The highest BCUT2D eigenvalue weighted by molar-refractivity contribution is 14.1. The van der Waals surface area contributed by atoms with Crippen LogP contribution >= 0.6 is 22.6 Å². The van der Waals surface area contributed by atoms with Crippen LogP contribution < -0.4 is 10.6 Å². The first-order valence-corrected chi connectivity index (χ1v) is 5.84. The Kier molecular flexibility index (Phi) is 3.30. The molecule has 0 aromatic heterocycles. The number of hydrogen-bond acceptors (Lipinski definition) is 3. The summed E-state index contributed by atoms with van der Waals surface area (Å²) in [6.07, 6.45) is 0. The standard InChI is InChI=1S/C10H12FIN2O/c11-9-8(2-1-7(12)10(9)13)14-3-5-15-6-4-14/h1-2H,3-6,13H2. The van der Waals surface area contributed by atoms with Crippen LogP contribution in [0.3, 0.4) is 0 Å². The third-order valence-electron chi connectivity index (χ3n) is 2.46. The molecule has 0 amide bonds. The maximum absolute atomic E-state index is 13.8. The Morgan fingerprint density at radius 1 is 1.33 bits per heavy atom. The molecule has 5 heteroatoms. The number of rotatable bonds is 1. The molecule has 1 heterocycles. The van der Waals surface area contributed by atoms with Gasteiger partial charge in [0.25, 0.3) is 0 Å². The molecule has 1 aliphatic rings. The van der Waals surface area contributed by atoms with Crippen LogP contribution in [0.5, 0.6) is 0 Å². The highest BCUT2D eigenvalue weighted by atomic mass is 127. The molecular formula is C10H12FIN2O. The monoisotopic (exact) mass is 322 g/mol. The molecule has 0 spiro atoms. The molecule has 2 rings (SSSR count). The Hall–Kier alpha value is -0.560. The van der Waals surface area contributed by atoms with E-state index >= 15 is 0 Å². The van der Waals surface area contributed by atoms with E-state index in [1.54, 1.807) is 6.07 Å². The van der Waals surface area contributed by atoms with E-state index in [2.05, 4.69) is 0 Å². The quantitative estimate of drug-likeness (QED) is 0.633. The molecule has 3 nitrogen and oxygen atoms in total. The van der Waals surface area contributed by atoms with Crippen LogP contribution in [-0.2, 0) is 4.74 Å². The molecule has 1 aromatic rings. The van der Waals surface area contributed by atoms with Crippen LogP contribution in [0.2, 0.25) is 0 Å². The molecule has 0 bridgehead atoms. The smallest absolute Gasteiger partial charge is 0.170 e. The highest BCUT2D eigenvalue weighted by Gasteiger charge is 2.17. The molecule has 0 aliphatic carbocycles. The van der Waals surface area contributed by atoms with Crippen molar-refractivity contribution in [1.82, 2.24) is 0 Å². The van der Waals surface area contributed by atoms with Crippen molar-refractivity contribution in [1.29, 1.82) is 0 Å². The zero-order valence-electron chi connectivity index (χ0n) is 8.17. The summed E-state index contributed by atoms with van der Waals surface area (Å²) in [5.74, 6) is -0.316. The predicted molar refractivity (Wildman–Crippen MR) is 66.6 cm³/mol. The van der Waals surface area contributed by atoms with Gasteiger partial charge >= 0.3 is 0 Å². The Labute approximate surface area is 102 Å². The molecular weight excluding hydrogens is 310 g/mol. The number of nitrogen functional groups attached to an aromatic ring is 1. The fourth-order valence-corrected chi connectivity index (χ4v) is 2.02. The lowest BCUT2D eigenvalue weighted by molar-refractivity contribution is 0.122. The summed E-state index contributed by atoms with van der Waals surface area (Å²) < 4.78 is 19.8. The molecule has 2 N–H and O–H groups in total. The van der Waals surface area contributed by atoms with Crippen LogP contribution in [0.1, 0.15) is 0 Å². The van der Waals surface area contributed by atoms with E-state index in [0.717, 1.165) is 16.7 Å². The Bertz CT molecular complexity index is 367. The Balaban J connectivity index is 2.31. The van der Waals surface area contributed by atoms with E-state index in [1.807, 2.05) is 33.6 Å². The van der Waals surface area contributed by atoms with Gasteiger partial charge in [0.1, 0.15) is 0 Å². The van der Waals surface area contributed by atoms with Gasteiger partial charge in [0.05, 0.1) is 24.6 Å². The minimum atomic E-state index is -0.316. The Morgan fingerprint density at radius 2 is 2.00 bits per heavy atom. The molecule has 15 heavy (non-hydrogen) atoms. The third kappa shape index (κ3) is 2.17. The maximum Gasteiger partial charge on any atom is 0.170 e.